The highest BCUT2D eigenvalue weighted by Crippen LogP contribution is 0.690. The summed E-state index contributed by atoms with van der Waals surface area (Å²) >= 11 is 0. The summed E-state index contributed by atoms with van der Waals surface area (Å²) < 4.78 is 0. The van der Waals surface area contributed by atoms with Crippen LogP contribution in [0.2, 0.25) is 0 Å². The fourth-order valence-electron chi connectivity index (χ4n) is 0. The molecular formula is H8Al2ClF. The first-order chi connectivity index (χ1) is 0. The van der Waals surface area contributed by atoms with Crippen LogP contribution in [0.4, 0.5) is 4.70 Å². The minimum absolute atomic E-state index is 0. The molecule has 0 N–H and O–H groups in total. The monoisotopic (exact) mass is 116 g/mol. The van der Waals surface area contributed by atoms with Crippen LogP contribution in [0.1, 0.15) is 0 Å². The summed E-state index contributed by atoms with van der Waals surface area (Å²) in [7, 11) is 0. The lowest BCUT2D eigenvalue weighted by atomic mass is 19.0. The van der Waals surface area contributed by atoms with Gasteiger partial charge in [0.1, 0.15) is 0 Å². The molecule has 0 aliphatic heterocycles. The van der Waals surface area contributed by atoms with Crippen molar-refractivity contribution in [2.45, 2.75) is 0 Å². The smallest absolute Gasteiger partial charge is 0.187 e. The zero-order valence-corrected chi connectivity index (χ0v) is 1.63. The maximum absolute atomic E-state index is 0. The Morgan fingerprint density at radius 2 is 0.750 bits per heavy atom. The number of hydrogen-bond donors (Lipinski definition) is 0. The van der Waals surface area contributed by atoms with Gasteiger partial charge < -0.3 is 0 Å². The van der Waals surface area contributed by atoms with Gasteiger partial charge in [-0.15, -0.1) is 12.4 Å². The Labute approximate surface area is 52.0 Å². The van der Waals surface area contributed by atoms with Crippen molar-refractivity contribution in [1.29, 1.82) is 0 Å². The zero-order valence-electron chi connectivity index (χ0n) is 0.816. The van der Waals surface area contributed by atoms with Crippen molar-refractivity contribution in [3.63, 3.8) is 0 Å². The van der Waals surface area contributed by atoms with Crippen molar-refractivity contribution in [3.8, 4) is 0 Å². The van der Waals surface area contributed by atoms with E-state index < -0.39 is 0 Å². The van der Waals surface area contributed by atoms with Crippen LogP contribution in [-0.2, 0) is 0 Å². The van der Waals surface area contributed by atoms with Gasteiger partial charge in [0, 0.05) is 0 Å². The number of hydrogen-bond acceptors (Lipinski definition) is 0. The van der Waals surface area contributed by atoms with Crippen molar-refractivity contribution >= 4 is 47.1 Å². The van der Waals surface area contributed by atoms with E-state index in [1.807, 2.05) is 0 Å². The topological polar surface area (TPSA) is 0 Å². The van der Waals surface area contributed by atoms with Crippen LogP contribution in [0.15, 0.2) is 0 Å². The molecule has 0 spiro atoms. The van der Waals surface area contributed by atoms with E-state index in [0.29, 0.717) is 0 Å². The van der Waals surface area contributed by atoms with Crippen molar-refractivity contribution in [2.75, 3.05) is 0 Å². The Bertz CT molecular complexity index is 6.00. The Kier molecular flexibility index (Phi) is 411. The highest BCUT2D eigenvalue weighted by Gasteiger charge is 0.188. The first-order valence-electron chi connectivity index (χ1n) is 0. The molecule has 0 aromatic rings. The van der Waals surface area contributed by atoms with Gasteiger partial charge in [0.25, 0.3) is 0 Å². The average molecular weight is 116 g/mol. The van der Waals surface area contributed by atoms with Gasteiger partial charge in [0.2, 0.25) is 0 Å². The third-order valence-corrected chi connectivity index (χ3v) is 0. The average Bonchev–Trinajstić information content (AvgIpc) is 0. The van der Waals surface area contributed by atoms with Gasteiger partial charge in [-0.05, 0) is 0 Å². The maximum atomic E-state index is 0. The zero-order chi connectivity index (χ0) is 0. The molecule has 0 atom stereocenters. The van der Waals surface area contributed by atoms with E-state index in [1.54, 1.807) is 0 Å². The Balaban J connectivity index is 0. The molecule has 0 radical (unpaired) electrons. The van der Waals surface area contributed by atoms with Crippen LogP contribution in [0, 0.1) is 0 Å². The molecule has 0 bridgehead atoms. The minimum Gasteiger partial charge on any atom is -0.269 e. The summed E-state index contributed by atoms with van der Waals surface area (Å²) in [5.74, 6) is 0. The highest BCUT2D eigenvalue weighted by atomic mass is 35.5. The molecule has 0 aliphatic carbocycles. The van der Waals surface area contributed by atoms with Crippen molar-refractivity contribution in [3.05, 3.63) is 0 Å². The van der Waals surface area contributed by atoms with Crippen LogP contribution in [-0.4, -0.2) is 34.7 Å². The molecule has 4 heavy (non-hydrogen) atoms. The Morgan fingerprint density at radius 3 is 0.750 bits per heavy atom. The standard InChI is InChI=1S/2Al.ClH.FH.6H/h;;2*1H;;;;;;. The number of rotatable bonds is 0. The van der Waals surface area contributed by atoms with E-state index in [4.69, 9.17) is 0 Å². The Hall–Kier alpha value is 1.28. The molecule has 0 rings (SSSR count). The van der Waals surface area contributed by atoms with Gasteiger partial charge in [-0.3, -0.25) is 4.70 Å². The fraction of sp³-hybridized carbons (Fsp3) is 0. The molecule has 0 amide bonds. The number of halogens is 2. The minimum atomic E-state index is 0. The van der Waals surface area contributed by atoms with E-state index in [-0.39, 0.29) is 51.8 Å². The van der Waals surface area contributed by atoms with Crippen LogP contribution in [0.5, 0.6) is 0 Å². The highest BCUT2D eigenvalue weighted by molar-refractivity contribution is 5.85. The second-order valence-corrected chi connectivity index (χ2v) is 0. The van der Waals surface area contributed by atoms with E-state index >= 15 is 0 Å². The lowest BCUT2D eigenvalue weighted by Crippen LogP contribution is -0.382. The van der Waals surface area contributed by atoms with Gasteiger partial charge in [-0.25, -0.2) is 0 Å². The molecule has 0 aliphatic rings. The molecule has 0 aromatic carbocycles. The van der Waals surface area contributed by atoms with E-state index in [1.165, 1.54) is 0 Å². The van der Waals surface area contributed by atoms with Gasteiger partial charge in [0.05, 0.1) is 0 Å². The quantitative estimate of drug-likeness (QED) is 0.328. The third-order valence-electron chi connectivity index (χ3n) is 0. The van der Waals surface area contributed by atoms with Gasteiger partial charge in [-0.1, -0.05) is 0 Å². The molecule has 0 unspecified atom stereocenters. The first-order valence-corrected chi connectivity index (χ1v) is 0. The molecular weight excluding hydrogens is 108 g/mol. The summed E-state index contributed by atoms with van der Waals surface area (Å²) in [4.78, 5) is 0. The molecule has 0 nitrogen and oxygen atoms in total. The van der Waals surface area contributed by atoms with Crippen molar-refractivity contribution in [2.24, 2.45) is 0 Å². The van der Waals surface area contributed by atoms with E-state index in [0.717, 1.165) is 0 Å². The summed E-state index contributed by atoms with van der Waals surface area (Å²) in [5.41, 5.74) is 0. The Morgan fingerprint density at radius 1 is 0.750 bits per heavy atom. The molecule has 4 heteroatoms. The van der Waals surface area contributed by atoms with Crippen LogP contribution >= 0.6 is 12.4 Å². The second-order valence-electron chi connectivity index (χ2n) is 0. The molecule has 0 saturated carbocycles. The van der Waals surface area contributed by atoms with Crippen molar-refractivity contribution < 1.29 is 4.70 Å². The van der Waals surface area contributed by atoms with E-state index in [2.05, 4.69) is 0 Å². The largest absolute Gasteiger partial charge is 0.269 e. The van der Waals surface area contributed by atoms with Gasteiger partial charge in [0.15, 0.2) is 34.7 Å². The first kappa shape index (κ1) is 58.8. The maximum Gasteiger partial charge on any atom is 0.187 e. The molecule has 0 saturated heterocycles. The SMILES string of the molecule is Cl.F.[AlH3].[AlH3]. The van der Waals surface area contributed by atoms with Crippen LogP contribution < -0.4 is 0 Å². The summed E-state index contributed by atoms with van der Waals surface area (Å²) in [6, 6.07) is 0. The van der Waals surface area contributed by atoms with E-state index in [9.17, 15) is 0 Å². The second kappa shape index (κ2) is 28.0. The third kappa shape index (κ3) is 10.4. The summed E-state index contributed by atoms with van der Waals surface area (Å²) in [6.07, 6.45) is 0. The normalized spacial score (nSPS) is 0. The predicted octanol–water partition coefficient (Wildman–Crippen LogP) is -1.79. The van der Waals surface area contributed by atoms with Gasteiger partial charge in [-0.2, -0.15) is 0 Å². The summed E-state index contributed by atoms with van der Waals surface area (Å²) in [5, 5.41) is 0. The molecule has 0 fully saturated rings. The van der Waals surface area contributed by atoms with Crippen molar-refractivity contribution in [1.82, 2.24) is 0 Å². The fourth-order valence-corrected chi connectivity index (χ4v) is 0. The summed E-state index contributed by atoms with van der Waals surface area (Å²) in [6.45, 7) is 0. The molecule has 0 aromatic heterocycles. The van der Waals surface area contributed by atoms with Gasteiger partial charge >= 0.3 is 0 Å². The predicted molar refractivity (Wildman–Crippen MR) is 29.6 cm³/mol. The molecule has 0 heterocycles. The lowest BCUT2D eigenvalue weighted by Gasteiger charge is -0.269. The lowest BCUT2D eigenvalue weighted by molar-refractivity contribution is 1.11. The van der Waals surface area contributed by atoms with Crippen LogP contribution in [0.25, 0.3) is 0 Å². The van der Waals surface area contributed by atoms with Crippen LogP contribution in [0.3, 0.4) is 0 Å². The molecule has 28 valence electrons.